The molecule has 0 aliphatic carbocycles. The van der Waals surface area contributed by atoms with Crippen molar-refractivity contribution in [1.29, 1.82) is 0 Å². The van der Waals surface area contributed by atoms with Gasteiger partial charge in [-0.3, -0.25) is 0 Å². The smallest absolute Gasteiger partial charge is 0.242 e. The van der Waals surface area contributed by atoms with Crippen LogP contribution in [-0.4, -0.2) is 59.2 Å². The van der Waals surface area contributed by atoms with E-state index in [1.807, 2.05) is 80.1 Å². The molecule has 4 aromatic rings. The van der Waals surface area contributed by atoms with Gasteiger partial charge in [-0.15, -0.1) is 5.10 Å². The molecule has 9 heteroatoms. The van der Waals surface area contributed by atoms with Crippen molar-refractivity contribution >= 4 is 23.7 Å². The van der Waals surface area contributed by atoms with Crippen molar-refractivity contribution in [2.45, 2.75) is 20.5 Å². The van der Waals surface area contributed by atoms with Crippen LogP contribution in [0.4, 0.5) is 11.8 Å². The summed E-state index contributed by atoms with van der Waals surface area (Å²) in [5.41, 5.74) is 3.85. The zero-order valence-corrected chi connectivity index (χ0v) is 20.9. The van der Waals surface area contributed by atoms with E-state index in [1.165, 1.54) is 0 Å². The van der Waals surface area contributed by atoms with Gasteiger partial charge in [0.2, 0.25) is 5.95 Å². The largest absolute Gasteiger partial charge is 0.489 e. The molecule has 1 aromatic carbocycles. The highest BCUT2D eigenvalue weighted by Gasteiger charge is 2.12. The number of ether oxygens (including phenoxy) is 2. The van der Waals surface area contributed by atoms with Crippen molar-refractivity contribution in [2.75, 3.05) is 43.6 Å². The van der Waals surface area contributed by atoms with E-state index in [2.05, 4.69) is 31.3 Å². The Bertz CT molecular complexity index is 1250. The van der Waals surface area contributed by atoms with Gasteiger partial charge in [-0.2, -0.15) is 4.98 Å². The summed E-state index contributed by atoms with van der Waals surface area (Å²) in [5.74, 6) is 2.60. The second-order valence-electron chi connectivity index (χ2n) is 8.68. The summed E-state index contributed by atoms with van der Waals surface area (Å²) in [5, 5.41) is 7.47. The first-order chi connectivity index (χ1) is 17.6. The van der Waals surface area contributed by atoms with E-state index in [9.17, 15) is 4.79 Å². The number of nitrogens with zero attached hydrogens (tertiary/aromatic N) is 5. The van der Waals surface area contributed by atoms with Gasteiger partial charge in [0, 0.05) is 43.4 Å². The Labute approximate surface area is 211 Å². The van der Waals surface area contributed by atoms with Crippen LogP contribution in [0, 0.1) is 5.92 Å². The standard InChI is InChI=1S/C23H24N6O2.C4H8O/c1-24-23-26-22-4-2-3-20(29(22)27-23)18-6-8-19(9-7-18)31-16-17-5-10-21(25-15-17)28-11-13-30-14-12-28;1-4(2)3-5/h2-10,15H,11-14,16H2,1H3,(H,24,27);3-4H,1-2H3. The van der Waals surface area contributed by atoms with Crippen molar-refractivity contribution in [3.63, 3.8) is 0 Å². The van der Waals surface area contributed by atoms with Crippen LogP contribution >= 0.6 is 0 Å². The molecule has 3 aromatic heterocycles. The Morgan fingerprint density at radius 2 is 1.83 bits per heavy atom. The fourth-order valence-electron chi connectivity index (χ4n) is 3.60. The van der Waals surface area contributed by atoms with E-state index in [0.717, 1.165) is 66.6 Å². The maximum atomic E-state index is 9.50. The summed E-state index contributed by atoms with van der Waals surface area (Å²) in [4.78, 5) is 20.8. The highest BCUT2D eigenvalue weighted by Crippen LogP contribution is 2.24. The third-order valence-corrected chi connectivity index (χ3v) is 5.56. The first kappa shape index (κ1) is 25.1. The predicted molar refractivity (Wildman–Crippen MR) is 140 cm³/mol. The van der Waals surface area contributed by atoms with E-state index < -0.39 is 0 Å². The molecule has 1 N–H and O–H groups in total. The molecule has 0 atom stereocenters. The lowest BCUT2D eigenvalue weighted by Crippen LogP contribution is -2.36. The van der Waals surface area contributed by atoms with Crippen LogP contribution in [0.1, 0.15) is 19.4 Å². The molecular weight excluding hydrogens is 456 g/mol. The molecule has 0 amide bonds. The van der Waals surface area contributed by atoms with E-state index in [4.69, 9.17) is 9.47 Å². The quantitative estimate of drug-likeness (QED) is 0.389. The number of rotatable bonds is 7. The lowest BCUT2D eigenvalue weighted by molar-refractivity contribution is -0.110. The fraction of sp³-hybridized carbons (Fsp3) is 0.333. The molecule has 0 bridgehead atoms. The third kappa shape index (κ3) is 6.37. The van der Waals surface area contributed by atoms with Gasteiger partial charge in [0.15, 0.2) is 5.65 Å². The van der Waals surface area contributed by atoms with Crippen LogP contribution in [0.15, 0.2) is 60.8 Å². The number of aromatic nitrogens is 4. The molecule has 4 heterocycles. The van der Waals surface area contributed by atoms with Crippen molar-refractivity contribution in [1.82, 2.24) is 19.6 Å². The van der Waals surface area contributed by atoms with Gasteiger partial charge in [-0.25, -0.2) is 9.50 Å². The zero-order chi connectivity index (χ0) is 25.3. The zero-order valence-electron chi connectivity index (χ0n) is 20.9. The minimum absolute atomic E-state index is 0.204. The highest BCUT2D eigenvalue weighted by atomic mass is 16.5. The lowest BCUT2D eigenvalue weighted by atomic mass is 10.1. The van der Waals surface area contributed by atoms with Crippen molar-refractivity contribution in [3.8, 4) is 17.0 Å². The first-order valence-electron chi connectivity index (χ1n) is 12.1. The predicted octanol–water partition coefficient (Wildman–Crippen LogP) is 4.09. The van der Waals surface area contributed by atoms with Gasteiger partial charge >= 0.3 is 0 Å². The molecule has 1 aliphatic heterocycles. The fourth-order valence-corrected chi connectivity index (χ4v) is 3.60. The molecule has 1 fully saturated rings. The summed E-state index contributed by atoms with van der Waals surface area (Å²) < 4.78 is 13.2. The Kier molecular flexibility index (Phi) is 8.46. The molecule has 9 nitrogen and oxygen atoms in total. The Hall–Kier alpha value is -3.98. The number of fused-ring (bicyclic) bond motifs is 1. The van der Waals surface area contributed by atoms with Crippen molar-refractivity contribution in [2.24, 2.45) is 5.92 Å². The van der Waals surface area contributed by atoms with Gasteiger partial charge in [0.1, 0.15) is 24.5 Å². The third-order valence-electron chi connectivity index (χ3n) is 5.56. The second kappa shape index (κ2) is 12.1. The number of hydrogen-bond donors (Lipinski definition) is 1. The number of nitrogens with one attached hydrogen (secondary N) is 1. The Balaban J connectivity index is 0.000000556. The van der Waals surface area contributed by atoms with Crippen molar-refractivity contribution in [3.05, 3.63) is 66.4 Å². The van der Waals surface area contributed by atoms with Crippen LogP contribution < -0.4 is 15.0 Å². The van der Waals surface area contributed by atoms with E-state index in [1.54, 1.807) is 0 Å². The van der Waals surface area contributed by atoms with Gasteiger partial charge in [-0.1, -0.05) is 26.0 Å². The van der Waals surface area contributed by atoms with Crippen LogP contribution in [0.5, 0.6) is 5.75 Å². The van der Waals surface area contributed by atoms with Crippen LogP contribution in [-0.2, 0) is 16.1 Å². The van der Waals surface area contributed by atoms with E-state index >= 15 is 0 Å². The number of benzene rings is 1. The minimum atomic E-state index is 0.204. The van der Waals surface area contributed by atoms with Crippen LogP contribution in [0.3, 0.4) is 0 Å². The minimum Gasteiger partial charge on any atom is -0.489 e. The van der Waals surface area contributed by atoms with E-state index in [-0.39, 0.29) is 5.92 Å². The second-order valence-corrected chi connectivity index (χ2v) is 8.68. The normalized spacial score (nSPS) is 13.3. The number of pyridine rings is 2. The highest BCUT2D eigenvalue weighted by molar-refractivity contribution is 5.64. The van der Waals surface area contributed by atoms with Gasteiger partial charge in [0.25, 0.3) is 0 Å². The first-order valence-corrected chi connectivity index (χ1v) is 12.1. The van der Waals surface area contributed by atoms with Gasteiger partial charge < -0.3 is 24.5 Å². The van der Waals surface area contributed by atoms with Gasteiger partial charge in [-0.05, 0) is 42.5 Å². The molecule has 0 saturated carbocycles. The number of aldehydes is 1. The average molecular weight is 489 g/mol. The topological polar surface area (TPSA) is 93.9 Å². The number of carbonyl (C=O) groups excluding carboxylic acids is 1. The molecule has 1 aliphatic rings. The molecular formula is C27H32N6O3. The Morgan fingerprint density at radius 3 is 2.47 bits per heavy atom. The maximum Gasteiger partial charge on any atom is 0.242 e. The molecule has 188 valence electrons. The average Bonchev–Trinajstić information content (AvgIpc) is 3.37. The summed E-state index contributed by atoms with van der Waals surface area (Å²) in [7, 11) is 1.81. The van der Waals surface area contributed by atoms with Crippen LogP contribution in [0.25, 0.3) is 16.9 Å². The van der Waals surface area contributed by atoms with Crippen molar-refractivity contribution < 1.29 is 14.3 Å². The summed E-state index contributed by atoms with van der Waals surface area (Å²) >= 11 is 0. The Morgan fingerprint density at radius 1 is 1.08 bits per heavy atom. The molecule has 36 heavy (non-hydrogen) atoms. The lowest BCUT2D eigenvalue weighted by Gasteiger charge is -2.27. The molecule has 0 spiro atoms. The molecule has 0 unspecified atom stereocenters. The monoisotopic (exact) mass is 488 g/mol. The molecule has 0 radical (unpaired) electrons. The summed E-state index contributed by atoms with van der Waals surface area (Å²) in [6, 6.07) is 18.1. The number of morpholine rings is 1. The summed E-state index contributed by atoms with van der Waals surface area (Å²) in [6.07, 6.45) is 2.80. The molecule has 5 rings (SSSR count). The molecule has 1 saturated heterocycles. The maximum absolute atomic E-state index is 9.50. The number of anilines is 2. The van der Waals surface area contributed by atoms with Crippen LogP contribution in [0.2, 0.25) is 0 Å². The number of hydrogen-bond acceptors (Lipinski definition) is 8. The SMILES string of the molecule is CC(C)C=O.CNc1nc2cccc(-c3ccc(OCc4ccc(N5CCOCC5)nc4)cc3)n2n1. The number of carbonyl (C=O) groups is 1. The summed E-state index contributed by atoms with van der Waals surface area (Å²) in [6.45, 7) is 7.46. The van der Waals surface area contributed by atoms with Gasteiger partial charge in [0.05, 0.1) is 18.9 Å². The van der Waals surface area contributed by atoms with E-state index in [0.29, 0.717) is 12.6 Å².